The van der Waals surface area contributed by atoms with Crippen LogP contribution in [-0.2, 0) is 59.0 Å². The molecule has 0 spiro atoms. The monoisotopic (exact) mass is 928 g/mol. The standard InChI is InChI=1S/C20H14Cl2F4O5.C14H9Cl2F4O4P.C2H6/c21-14-11(23)3-1-9(16(14)25)7-29-18-13(5-6-27)31-20(28)19(18)30-8-10-2-4-12(24)15(22)17(10)26;15-11-9(17)3-1-7(13(11)19)5-23-25(21,22)24-6-8-2-4-10(18)12(16)14(8)20;1-2/h1-4,13,27H,5-8H2;1-4H,5-6H2,(H,21,22);1-2H3. The lowest BCUT2D eigenvalue weighted by atomic mass is 10.2. The van der Waals surface area contributed by atoms with E-state index in [1.165, 1.54) is 0 Å². The molecule has 0 bridgehead atoms. The molecule has 0 saturated carbocycles. The molecule has 0 amide bonds. The molecule has 0 fully saturated rings. The van der Waals surface area contributed by atoms with Gasteiger partial charge in [-0.15, -0.1) is 0 Å². The summed E-state index contributed by atoms with van der Waals surface area (Å²) in [6.07, 6.45) is -1.11. The highest BCUT2D eigenvalue weighted by atomic mass is 35.5. The van der Waals surface area contributed by atoms with Crippen LogP contribution in [0.2, 0.25) is 20.1 Å². The zero-order chi connectivity index (χ0) is 43.5. The van der Waals surface area contributed by atoms with Gasteiger partial charge in [-0.3, -0.25) is 9.05 Å². The van der Waals surface area contributed by atoms with Gasteiger partial charge >= 0.3 is 13.8 Å². The second kappa shape index (κ2) is 22.1. The Hall–Kier alpha value is -3.64. The maximum absolute atomic E-state index is 14.1. The molecular weight excluding hydrogens is 901 g/mol. The number of benzene rings is 4. The van der Waals surface area contributed by atoms with Gasteiger partial charge < -0.3 is 24.2 Å². The molecule has 0 saturated heterocycles. The summed E-state index contributed by atoms with van der Waals surface area (Å²) in [6, 6.07) is 7.69. The van der Waals surface area contributed by atoms with Crippen molar-refractivity contribution in [2.75, 3.05) is 6.61 Å². The van der Waals surface area contributed by atoms with E-state index < -0.39 is 119 Å². The van der Waals surface area contributed by atoms with Crippen molar-refractivity contribution < 1.29 is 77.7 Å². The van der Waals surface area contributed by atoms with Crippen LogP contribution in [0.15, 0.2) is 60.0 Å². The number of esters is 1. The third-order valence-corrected chi connectivity index (χ3v) is 9.62. The summed E-state index contributed by atoms with van der Waals surface area (Å²) < 4.78 is 145. The molecular formula is C36H29Cl4F8O9P. The lowest BCUT2D eigenvalue weighted by Gasteiger charge is -2.15. The predicted molar refractivity (Wildman–Crippen MR) is 194 cm³/mol. The molecule has 0 aromatic heterocycles. The maximum atomic E-state index is 14.1. The highest BCUT2D eigenvalue weighted by Crippen LogP contribution is 2.45. The van der Waals surface area contributed by atoms with Crippen molar-refractivity contribution in [1.82, 2.24) is 0 Å². The van der Waals surface area contributed by atoms with E-state index in [2.05, 4.69) is 9.05 Å². The Labute approximate surface area is 345 Å². The van der Waals surface area contributed by atoms with E-state index in [-0.39, 0.29) is 41.0 Å². The third kappa shape index (κ3) is 12.4. The van der Waals surface area contributed by atoms with Crippen molar-refractivity contribution >= 4 is 60.2 Å². The lowest BCUT2D eigenvalue weighted by molar-refractivity contribution is -0.144. The zero-order valence-corrected chi connectivity index (χ0v) is 33.6. The van der Waals surface area contributed by atoms with Crippen molar-refractivity contribution in [3.63, 3.8) is 0 Å². The average Bonchev–Trinajstić information content (AvgIpc) is 3.49. The van der Waals surface area contributed by atoms with E-state index in [0.29, 0.717) is 0 Å². The number of aliphatic hydroxyl groups is 1. The molecule has 0 aliphatic carbocycles. The van der Waals surface area contributed by atoms with Crippen molar-refractivity contribution in [2.24, 2.45) is 0 Å². The first-order chi connectivity index (χ1) is 27.4. The lowest BCUT2D eigenvalue weighted by Crippen LogP contribution is -2.15. The second-order valence-electron chi connectivity index (χ2n) is 11.0. The fourth-order valence-electron chi connectivity index (χ4n) is 4.43. The van der Waals surface area contributed by atoms with E-state index in [1.807, 2.05) is 13.8 Å². The molecule has 1 atom stereocenters. The maximum Gasteiger partial charge on any atom is 0.472 e. The summed E-state index contributed by atoms with van der Waals surface area (Å²) in [4.78, 5) is 21.7. The van der Waals surface area contributed by atoms with Crippen LogP contribution in [0.25, 0.3) is 0 Å². The van der Waals surface area contributed by atoms with Gasteiger partial charge in [-0.2, -0.15) is 0 Å². The Morgan fingerprint density at radius 1 is 0.603 bits per heavy atom. The molecule has 4 aromatic rings. The van der Waals surface area contributed by atoms with Crippen LogP contribution >= 0.6 is 54.2 Å². The van der Waals surface area contributed by atoms with E-state index in [9.17, 15) is 54.5 Å². The van der Waals surface area contributed by atoms with Gasteiger partial charge in [0, 0.05) is 35.3 Å². The molecule has 1 unspecified atom stereocenters. The number of ether oxygens (including phenoxy) is 3. The summed E-state index contributed by atoms with van der Waals surface area (Å²) in [5.74, 6) is -9.92. The molecule has 4 aromatic carbocycles. The van der Waals surface area contributed by atoms with Crippen LogP contribution in [0.1, 0.15) is 42.5 Å². The minimum absolute atomic E-state index is 0.0582. The van der Waals surface area contributed by atoms with Crippen molar-refractivity contribution in [2.45, 2.75) is 52.8 Å². The van der Waals surface area contributed by atoms with Crippen LogP contribution in [0.5, 0.6) is 0 Å². The van der Waals surface area contributed by atoms with Gasteiger partial charge in [-0.05, 0) is 36.4 Å². The molecule has 9 nitrogen and oxygen atoms in total. The van der Waals surface area contributed by atoms with Crippen LogP contribution in [0.3, 0.4) is 0 Å². The van der Waals surface area contributed by atoms with E-state index >= 15 is 0 Å². The van der Waals surface area contributed by atoms with Gasteiger partial charge in [-0.25, -0.2) is 44.5 Å². The van der Waals surface area contributed by atoms with Gasteiger partial charge in [0.05, 0.1) is 13.2 Å². The summed E-state index contributed by atoms with van der Waals surface area (Å²) >= 11 is 21.8. The Kier molecular flexibility index (Phi) is 18.6. The number of halogens is 12. The van der Waals surface area contributed by atoms with Crippen LogP contribution < -0.4 is 0 Å². The molecule has 5 rings (SSSR count). The number of hydrogen-bond acceptors (Lipinski definition) is 8. The normalized spacial score (nSPS) is 13.7. The number of rotatable bonds is 14. The van der Waals surface area contributed by atoms with Gasteiger partial charge in [0.25, 0.3) is 0 Å². The summed E-state index contributed by atoms with van der Waals surface area (Å²) in [6.45, 7) is 1.12. The Balaban J connectivity index is 0.000000304. The van der Waals surface area contributed by atoms with Crippen molar-refractivity contribution in [3.05, 3.63) is 149 Å². The molecule has 58 heavy (non-hydrogen) atoms. The van der Waals surface area contributed by atoms with E-state index in [0.717, 1.165) is 48.5 Å². The quantitative estimate of drug-likeness (QED) is 0.0551. The average molecular weight is 930 g/mol. The molecule has 22 heteroatoms. The Morgan fingerprint density at radius 3 is 1.28 bits per heavy atom. The number of cyclic esters (lactones) is 1. The van der Waals surface area contributed by atoms with Crippen LogP contribution in [0.4, 0.5) is 35.1 Å². The number of hydrogen-bond donors (Lipinski definition) is 2. The molecule has 2 N–H and O–H groups in total. The first-order valence-electron chi connectivity index (χ1n) is 16.3. The molecule has 1 heterocycles. The summed E-state index contributed by atoms with van der Waals surface area (Å²) in [5.41, 5.74) is -0.842. The fraction of sp³-hybridized carbons (Fsp3) is 0.250. The van der Waals surface area contributed by atoms with Crippen molar-refractivity contribution in [1.29, 1.82) is 0 Å². The molecule has 1 aliphatic heterocycles. The molecule has 316 valence electrons. The minimum atomic E-state index is -4.72. The molecule has 0 radical (unpaired) electrons. The first-order valence-corrected chi connectivity index (χ1v) is 19.3. The zero-order valence-electron chi connectivity index (χ0n) is 29.7. The number of carbonyl (C=O) groups is 1. The number of phosphoric acid groups is 1. The van der Waals surface area contributed by atoms with E-state index in [4.69, 9.17) is 60.6 Å². The smallest absolute Gasteiger partial charge is 0.472 e. The third-order valence-electron chi connectivity index (χ3n) is 7.32. The summed E-state index contributed by atoms with van der Waals surface area (Å²) in [7, 11) is -4.72. The van der Waals surface area contributed by atoms with Gasteiger partial charge in [0.2, 0.25) is 5.76 Å². The highest BCUT2D eigenvalue weighted by Gasteiger charge is 2.38. The minimum Gasteiger partial charge on any atom is -0.485 e. The van der Waals surface area contributed by atoms with E-state index in [1.54, 1.807) is 0 Å². The van der Waals surface area contributed by atoms with Gasteiger partial charge in [0.1, 0.15) is 68.2 Å². The summed E-state index contributed by atoms with van der Waals surface area (Å²) in [5, 5.41) is 6.14. The molecule has 1 aliphatic rings. The predicted octanol–water partition coefficient (Wildman–Crippen LogP) is 11.2. The highest BCUT2D eigenvalue weighted by molar-refractivity contribution is 7.47. The topological polar surface area (TPSA) is 121 Å². The number of carbonyl (C=O) groups excluding carboxylic acids is 1. The van der Waals surface area contributed by atoms with Crippen LogP contribution in [-0.4, -0.2) is 28.7 Å². The first kappa shape index (κ1) is 48.7. The van der Waals surface area contributed by atoms with Crippen LogP contribution in [0, 0.1) is 46.5 Å². The Morgan fingerprint density at radius 2 is 0.931 bits per heavy atom. The second-order valence-corrected chi connectivity index (χ2v) is 14.0. The number of aliphatic hydroxyl groups excluding tert-OH is 1. The van der Waals surface area contributed by atoms with Gasteiger partial charge in [-0.1, -0.05) is 72.4 Å². The fourth-order valence-corrected chi connectivity index (χ4v) is 5.85. The SMILES string of the molecule is CC.O=C1OC(CCO)C(OCc2ccc(F)c(Cl)c2F)=C1OCc1ccc(F)c(Cl)c1F.O=P(O)(OCc1ccc(F)c(Cl)c1F)OCc1ccc(F)c(Cl)c1F. The largest absolute Gasteiger partial charge is 0.485 e. The van der Waals surface area contributed by atoms with Gasteiger partial charge in [0.15, 0.2) is 23.5 Å². The van der Waals surface area contributed by atoms with Crippen molar-refractivity contribution in [3.8, 4) is 0 Å². The number of phosphoric ester groups is 1. The Bertz CT molecular complexity index is 2130.